The Kier molecular flexibility index (Phi) is 4.81. The molecule has 1 aliphatic rings. The zero-order valence-electron chi connectivity index (χ0n) is 15.7. The molecule has 0 unspecified atom stereocenters. The molecule has 27 heavy (non-hydrogen) atoms. The first-order valence-corrected chi connectivity index (χ1v) is 9.40. The Hall–Kier alpha value is -2.86. The number of anilines is 1. The number of phenols is 1. The van der Waals surface area contributed by atoms with Crippen molar-refractivity contribution >= 4 is 5.69 Å². The van der Waals surface area contributed by atoms with Crippen LogP contribution in [0.4, 0.5) is 5.69 Å². The van der Waals surface area contributed by atoms with E-state index in [1.807, 2.05) is 30.3 Å². The van der Waals surface area contributed by atoms with E-state index >= 15 is 0 Å². The smallest absolute Gasteiger partial charge is 0.274 e. The first-order valence-electron chi connectivity index (χ1n) is 9.40. The molecule has 6 heteroatoms. The van der Waals surface area contributed by atoms with Gasteiger partial charge in [-0.15, -0.1) is 10.2 Å². The van der Waals surface area contributed by atoms with Crippen LogP contribution in [0.25, 0.3) is 11.5 Å². The zero-order valence-corrected chi connectivity index (χ0v) is 15.7. The Morgan fingerprint density at radius 3 is 2.59 bits per heavy atom. The number of rotatable bonds is 4. The van der Waals surface area contributed by atoms with Crippen molar-refractivity contribution in [2.45, 2.75) is 19.9 Å². The van der Waals surface area contributed by atoms with E-state index in [2.05, 4.69) is 41.1 Å². The standard InChI is InChI=1S/C21H24N4O2/c1-15-6-5-7-17(14-15)21-23-22-20(27-21)16(2)24-10-12-25(13-11-24)18-8-3-4-9-19(18)26/h3-9,14,16,26H,10-13H2,1-2H3/p+1/t16-/m0/s1. The second-order valence-corrected chi connectivity index (χ2v) is 7.17. The highest BCUT2D eigenvalue weighted by atomic mass is 16.4. The maximum Gasteiger partial charge on any atom is 0.274 e. The van der Waals surface area contributed by atoms with E-state index in [0.29, 0.717) is 17.5 Å². The van der Waals surface area contributed by atoms with E-state index in [0.717, 1.165) is 37.4 Å². The number of hydrogen-bond acceptors (Lipinski definition) is 5. The minimum absolute atomic E-state index is 0.141. The van der Waals surface area contributed by atoms with E-state index in [1.165, 1.54) is 10.5 Å². The minimum atomic E-state index is 0.141. The van der Waals surface area contributed by atoms with Crippen LogP contribution >= 0.6 is 0 Å². The van der Waals surface area contributed by atoms with Gasteiger partial charge in [-0.3, -0.25) is 0 Å². The molecule has 2 heterocycles. The van der Waals surface area contributed by atoms with Gasteiger partial charge in [0.2, 0.25) is 5.89 Å². The first-order chi connectivity index (χ1) is 13.1. The summed E-state index contributed by atoms with van der Waals surface area (Å²) >= 11 is 0. The number of hydrogen-bond donors (Lipinski definition) is 2. The molecule has 0 amide bonds. The number of aromatic hydroxyl groups is 1. The Bertz CT molecular complexity index is 916. The molecule has 0 aliphatic carbocycles. The molecule has 0 spiro atoms. The van der Waals surface area contributed by atoms with Crippen molar-refractivity contribution in [2.75, 3.05) is 31.1 Å². The van der Waals surface area contributed by atoms with Crippen LogP contribution in [0.15, 0.2) is 52.9 Å². The van der Waals surface area contributed by atoms with Gasteiger partial charge >= 0.3 is 0 Å². The molecule has 0 saturated carbocycles. The average Bonchev–Trinajstić information content (AvgIpc) is 3.18. The number of aryl methyl sites for hydroxylation is 1. The summed E-state index contributed by atoms with van der Waals surface area (Å²) in [6.07, 6.45) is 0. The number of phenolic OH excluding ortho intramolecular Hbond substituents is 1. The Labute approximate surface area is 159 Å². The van der Waals surface area contributed by atoms with Crippen LogP contribution in [0, 0.1) is 6.92 Å². The molecule has 6 nitrogen and oxygen atoms in total. The van der Waals surface area contributed by atoms with Crippen LogP contribution < -0.4 is 9.80 Å². The van der Waals surface area contributed by atoms with Crippen molar-refractivity contribution in [3.8, 4) is 17.2 Å². The quantitative estimate of drug-likeness (QED) is 0.742. The maximum atomic E-state index is 10.1. The normalized spacial score (nSPS) is 16.4. The summed E-state index contributed by atoms with van der Waals surface area (Å²) in [5.41, 5.74) is 3.04. The van der Waals surface area contributed by atoms with Gasteiger partial charge in [-0.05, 0) is 38.1 Å². The fourth-order valence-electron chi connectivity index (χ4n) is 3.68. The molecule has 140 valence electrons. The largest absolute Gasteiger partial charge is 0.506 e. The Balaban J connectivity index is 1.43. The van der Waals surface area contributed by atoms with E-state index in [4.69, 9.17) is 4.42 Å². The number of piperazine rings is 1. The highest BCUT2D eigenvalue weighted by Crippen LogP contribution is 2.26. The van der Waals surface area contributed by atoms with Gasteiger partial charge in [-0.1, -0.05) is 29.8 Å². The summed E-state index contributed by atoms with van der Waals surface area (Å²) in [5.74, 6) is 1.60. The molecule has 1 aromatic heterocycles. The monoisotopic (exact) mass is 365 g/mol. The third kappa shape index (κ3) is 3.66. The SMILES string of the molecule is Cc1cccc(-c2nnc([C@H](C)[NH+]3CCN(c4ccccc4O)CC3)o2)c1. The number of benzene rings is 2. The number of nitrogens with zero attached hydrogens (tertiary/aromatic N) is 3. The molecule has 0 radical (unpaired) electrons. The average molecular weight is 365 g/mol. The van der Waals surface area contributed by atoms with Gasteiger partial charge in [-0.2, -0.15) is 0 Å². The summed E-state index contributed by atoms with van der Waals surface area (Å²) in [7, 11) is 0. The summed E-state index contributed by atoms with van der Waals surface area (Å²) < 4.78 is 5.97. The molecule has 1 atom stereocenters. The van der Waals surface area contributed by atoms with Gasteiger partial charge in [0.25, 0.3) is 5.89 Å². The third-order valence-electron chi connectivity index (χ3n) is 5.32. The molecular weight excluding hydrogens is 340 g/mol. The number of quaternary nitrogens is 1. The Morgan fingerprint density at radius 2 is 1.85 bits per heavy atom. The van der Waals surface area contributed by atoms with Crippen LogP contribution in [0.2, 0.25) is 0 Å². The lowest BCUT2D eigenvalue weighted by molar-refractivity contribution is -0.931. The number of aromatic nitrogens is 2. The fourth-order valence-corrected chi connectivity index (χ4v) is 3.68. The van der Waals surface area contributed by atoms with Crippen molar-refractivity contribution in [1.82, 2.24) is 10.2 Å². The van der Waals surface area contributed by atoms with Crippen LogP contribution in [-0.4, -0.2) is 41.5 Å². The molecular formula is C21H25N4O2+. The molecule has 2 N–H and O–H groups in total. The molecule has 1 saturated heterocycles. The molecule has 1 aliphatic heterocycles. The predicted octanol–water partition coefficient (Wildman–Crippen LogP) is 2.22. The third-order valence-corrected chi connectivity index (χ3v) is 5.32. The van der Waals surface area contributed by atoms with Crippen LogP contribution in [0.5, 0.6) is 5.75 Å². The minimum Gasteiger partial charge on any atom is -0.506 e. The predicted molar refractivity (Wildman–Crippen MR) is 104 cm³/mol. The van der Waals surface area contributed by atoms with Crippen molar-refractivity contribution < 1.29 is 14.4 Å². The summed E-state index contributed by atoms with van der Waals surface area (Å²) in [6, 6.07) is 15.8. The van der Waals surface area contributed by atoms with Crippen molar-refractivity contribution in [3.05, 3.63) is 60.0 Å². The van der Waals surface area contributed by atoms with Gasteiger partial charge in [0.1, 0.15) is 5.75 Å². The number of para-hydroxylation sites is 2. The highest BCUT2D eigenvalue weighted by molar-refractivity contribution is 5.57. The van der Waals surface area contributed by atoms with Crippen LogP contribution in [-0.2, 0) is 0 Å². The lowest BCUT2D eigenvalue weighted by Crippen LogP contribution is -3.14. The van der Waals surface area contributed by atoms with E-state index in [1.54, 1.807) is 6.07 Å². The molecule has 0 bridgehead atoms. The lowest BCUT2D eigenvalue weighted by Gasteiger charge is -2.35. The van der Waals surface area contributed by atoms with Crippen molar-refractivity contribution in [2.24, 2.45) is 0 Å². The molecule has 4 rings (SSSR count). The molecule has 2 aromatic carbocycles. The Morgan fingerprint density at radius 1 is 1.07 bits per heavy atom. The van der Waals surface area contributed by atoms with E-state index in [9.17, 15) is 5.11 Å². The topological polar surface area (TPSA) is 66.8 Å². The fraction of sp³-hybridized carbons (Fsp3) is 0.333. The van der Waals surface area contributed by atoms with Gasteiger partial charge in [-0.25, -0.2) is 0 Å². The molecule has 3 aromatic rings. The van der Waals surface area contributed by atoms with E-state index < -0.39 is 0 Å². The maximum absolute atomic E-state index is 10.1. The molecule has 1 fully saturated rings. The van der Waals surface area contributed by atoms with Crippen molar-refractivity contribution in [3.63, 3.8) is 0 Å². The first kappa shape index (κ1) is 17.5. The number of nitrogens with one attached hydrogen (secondary N) is 1. The van der Waals surface area contributed by atoms with Gasteiger partial charge in [0.05, 0.1) is 31.9 Å². The summed E-state index contributed by atoms with van der Waals surface area (Å²) in [5, 5.41) is 18.6. The van der Waals surface area contributed by atoms with Gasteiger partial charge < -0.3 is 19.3 Å². The second kappa shape index (κ2) is 7.40. The second-order valence-electron chi connectivity index (χ2n) is 7.17. The summed E-state index contributed by atoms with van der Waals surface area (Å²) in [6.45, 7) is 7.87. The van der Waals surface area contributed by atoms with Crippen LogP contribution in [0.3, 0.4) is 0 Å². The van der Waals surface area contributed by atoms with E-state index in [-0.39, 0.29) is 6.04 Å². The van der Waals surface area contributed by atoms with Gasteiger partial charge in [0.15, 0.2) is 6.04 Å². The van der Waals surface area contributed by atoms with Crippen molar-refractivity contribution in [1.29, 1.82) is 0 Å². The summed E-state index contributed by atoms with van der Waals surface area (Å²) in [4.78, 5) is 3.65. The van der Waals surface area contributed by atoms with Gasteiger partial charge in [0, 0.05) is 5.56 Å². The van der Waals surface area contributed by atoms with Crippen LogP contribution in [0.1, 0.15) is 24.4 Å². The zero-order chi connectivity index (χ0) is 18.8. The highest BCUT2D eigenvalue weighted by Gasteiger charge is 2.30. The lowest BCUT2D eigenvalue weighted by atomic mass is 10.1.